The maximum absolute atomic E-state index is 15.8. The second-order valence-electron chi connectivity index (χ2n) is 9.74. The molecule has 1 aliphatic heterocycles. The Labute approximate surface area is 204 Å². The normalized spacial score (nSPS) is 19.1. The van der Waals surface area contributed by atoms with E-state index in [1.165, 1.54) is 17.0 Å². The van der Waals surface area contributed by atoms with Gasteiger partial charge in [-0.05, 0) is 64.2 Å². The summed E-state index contributed by atoms with van der Waals surface area (Å²) in [6.07, 6.45) is 1.68. The molecule has 8 heteroatoms. The summed E-state index contributed by atoms with van der Waals surface area (Å²) in [5.41, 5.74) is -0.378. The van der Waals surface area contributed by atoms with Crippen LogP contribution in [0.2, 0.25) is 0 Å². The van der Waals surface area contributed by atoms with E-state index in [-0.39, 0.29) is 29.8 Å². The van der Waals surface area contributed by atoms with Crippen molar-refractivity contribution in [2.24, 2.45) is 5.18 Å². The fourth-order valence-corrected chi connectivity index (χ4v) is 4.68. The third-order valence-electron chi connectivity index (χ3n) is 6.50. The van der Waals surface area contributed by atoms with Crippen molar-refractivity contribution in [2.75, 3.05) is 20.6 Å². The second-order valence-corrected chi connectivity index (χ2v) is 9.74. The van der Waals surface area contributed by atoms with Crippen molar-refractivity contribution in [2.45, 2.75) is 38.6 Å². The number of amides is 1. The van der Waals surface area contributed by atoms with Crippen molar-refractivity contribution in [3.05, 3.63) is 105 Å². The number of likely N-dealkylation sites (N-methyl/N-ethyl adjacent to an activating group) is 1. The highest BCUT2D eigenvalue weighted by molar-refractivity contribution is 6.00. The van der Waals surface area contributed by atoms with Gasteiger partial charge in [0.1, 0.15) is 11.4 Å². The summed E-state index contributed by atoms with van der Waals surface area (Å²) < 4.78 is 15.8. The molecule has 0 radical (unpaired) electrons. The summed E-state index contributed by atoms with van der Waals surface area (Å²) in [5, 5.41) is 15.3. The van der Waals surface area contributed by atoms with Crippen molar-refractivity contribution in [3.63, 3.8) is 0 Å². The van der Waals surface area contributed by atoms with E-state index >= 15 is 4.39 Å². The van der Waals surface area contributed by atoms with Gasteiger partial charge in [-0.3, -0.25) is 14.7 Å². The zero-order valence-electron chi connectivity index (χ0n) is 20.5. The van der Waals surface area contributed by atoms with Crippen LogP contribution in [0, 0.1) is 24.6 Å². The summed E-state index contributed by atoms with van der Waals surface area (Å²) in [7, 11) is 3.56. The summed E-state index contributed by atoms with van der Waals surface area (Å²) in [5.74, 6) is -1.33. The predicted octanol–water partition coefficient (Wildman–Crippen LogP) is 4.23. The molecule has 1 N–H and O–H groups in total. The van der Waals surface area contributed by atoms with Gasteiger partial charge in [-0.2, -0.15) is 0 Å². The van der Waals surface area contributed by atoms with Crippen molar-refractivity contribution < 1.29 is 14.3 Å². The number of halogens is 1. The molecule has 35 heavy (non-hydrogen) atoms. The molecule has 182 valence electrons. The number of fused-ring (bicyclic) bond motifs is 1. The Morgan fingerprint density at radius 1 is 1.11 bits per heavy atom. The molecule has 3 aromatic rings. The predicted molar refractivity (Wildman–Crippen MR) is 131 cm³/mol. The Hall–Kier alpha value is -3.49. The Bertz CT molecular complexity index is 1280. The molecule has 1 aromatic heterocycles. The average molecular weight is 477 g/mol. The van der Waals surface area contributed by atoms with Crippen LogP contribution in [0.4, 0.5) is 4.39 Å². The first kappa shape index (κ1) is 24.6. The highest BCUT2D eigenvalue weighted by Gasteiger charge is 2.52. The molecule has 1 aliphatic rings. The lowest BCUT2D eigenvalue weighted by Gasteiger charge is -2.35. The van der Waals surface area contributed by atoms with E-state index in [0.717, 1.165) is 11.1 Å². The van der Waals surface area contributed by atoms with Gasteiger partial charge >= 0.3 is 0 Å². The molecule has 2 aromatic carbocycles. The lowest BCUT2D eigenvalue weighted by molar-refractivity contribution is -0.0567. The SMILES string of the molecule is Cc1ccc(C2(O)c3c(F)cc(C(C)(CN(C)C)N=O)cc3C(=O)N2Cc2ccc(C)cn2)cc1. The van der Waals surface area contributed by atoms with Crippen LogP contribution in [0.15, 0.2) is 59.9 Å². The summed E-state index contributed by atoms with van der Waals surface area (Å²) in [4.78, 5) is 32.9. The zero-order valence-corrected chi connectivity index (χ0v) is 20.5. The molecule has 2 heterocycles. The van der Waals surface area contributed by atoms with Gasteiger partial charge in [0.05, 0.1) is 23.4 Å². The van der Waals surface area contributed by atoms with Crippen LogP contribution in [0.25, 0.3) is 0 Å². The molecule has 0 aliphatic carbocycles. The van der Waals surface area contributed by atoms with Gasteiger partial charge in [0.15, 0.2) is 5.72 Å². The maximum atomic E-state index is 15.8. The summed E-state index contributed by atoms with van der Waals surface area (Å²) in [6.45, 7) is 5.59. The molecule has 2 atom stereocenters. The minimum Gasteiger partial charge on any atom is -0.363 e. The quantitative estimate of drug-likeness (QED) is 0.516. The van der Waals surface area contributed by atoms with Gasteiger partial charge in [0.2, 0.25) is 0 Å². The standard InChI is InChI=1S/C27H29FN4O3/c1-17-6-9-19(10-7-17)27(34)24-22(25(33)32(27)15-21-11-8-18(2)14-29-21)12-20(13-23(24)28)26(3,30-35)16-31(4)5/h6-14,34H,15-16H2,1-5H3. The number of nitrogens with zero attached hydrogens (tertiary/aromatic N) is 4. The van der Waals surface area contributed by atoms with Crippen LogP contribution in [-0.4, -0.2) is 46.4 Å². The number of carbonyl (C=O) groups excluding carboxylic acids is 1. The van der Waals surface area contributed by atoms with Gasteiger partial charge in [0.25, 0.3) is 5.91 Å². The lowest BCUT2D eigenvalue weighted by Crippen LogP contribution is -2.44. The number of pyridine rings is 1. The number of aryl methyl sites for hydroxylation is 2. The van der Waals surface area contributed by atoms with E-state index in [0.29, 0.717) is 11.3 Å². The largest absolute Gasteiger partial charge is 0.363 e. The number of nitroso groups, excluding NO2 is 1. The van der Waals surface area contributed by atoms with E-state index in [1.807, 2.05) is 19.9 Å². The molecule has 0 bridgehead atoms. The zero-order chi connectivity index (χ0) is 25.5. The Morgan fingerprint density at radius 3 is 2.34 bits per heavy atom. The highest BCUT2D eigenvalue weighted by atomic mass is 19.1. The summed E-state index contributed by atoms with van der Waals surface area (Å²) >= 11 is 0. The molecule has 7 nitrogen and oxygen atoms in total. The Morgan fingerprint density at radius 2 is 1.77 bits per heavy atom. The maximum Gasteiger partial charge on any atom is 0.257 e. The lowest BCUT2D eigenvalue weighted by atomic mass is 9.86. The number of rotatable bonds is 7. The van der Waals surface area contributed by atoms with Crippen LogP contribution in [-0.2, 0) is 17.8 Å². The number of hydrogen-bond acceptors (Lipinski definition) is 6. The smallest absolute Gasteiger partial charge is 0.257 e. The van der Waals surface area contributed by atoms with Crippen LogP contribution >= 0.6 is 0 Å². The molecule has 0 saturated carbocycles. The molecule has 1 amide bonds. The Kier molecular flexibility index (Phi) is 6.29. The number of hydrogen-bond donors (Lipinski definition) is 1. The fraction of sp³-hybridized carbons (Fsp3) is 0.333. The number of aromatic nitrogens is 1. The van der Waals surface area contributed by atoms with E-state index in [1.54, 1.807) is 62.4 Å². The average Bonchev–Trinajstić information content (AvgIpc) is 3.03. The number of aliphatic hydroxyl groups is 1. The van der Waals surface area contributed by atoms with Crippen molar-refractivity contribution in [1.82, 2.24) is 14.8 Å². The van der Waals surface area contributed by atoms with Crippen LogP contribution in [0.3, 0.4) is 0 Å². The molecule has 0 spiro atoms. The monoisotopic (exact) mass is 476 g/mol. The first-order valence-electron chi connectivity index (χ1n) is 11.4. The molecular formula is C27H29FN4O3. The van der Waals surface area contributed by atoms with Crippen LogP contribution in [0.1, 0.15) is 50.8 Å². The molecule has 2 unspecified atom stereocenters. The summed E-state index contributed by atoms with van der Waals surface area (Å²) in [6, 6.07) is 13.3. The van der Waals surface area contributed by atoms with E-state index in [2.05, 4.69) is 10.2 Å². The van der Waals surface area contributed by atoms with Gasteiger partial charge in [0, 0.05) is 18.3 Å². The Balaban J connectivity index is 1.91. The van der Waals surface area contributed by atoms with Crippen LogP contribution < -0.4 is 0 Å². The van der Waals surface area contributed by atoms with Gasteiger partial charge in [-0.15, -0.1) is 4.91 Å². The molecule has 0 saturated heterocycles. The van der Waals surface area contributed by atoms with Gasteiger partial charge in [-0.1, -0.05) is 41.1 Å². The van der Waals surface area contributed by atoms with Crippen molar-refractivity contribution >= 4 is 5.91 Å². The molecular weight excluding hydrogens is 447 g/mol. The van der Waals surface area contributed by atoms with Gasteiger partial charge in [-0.25, -0.2) is 4.39 Å². The van der Waals surface area contributed by atoms with E-state index in [9.17, 15) is 14.8 Å². The third kappa shape index (κ3) is 4.24. The second kappa shape index (κ2) is 8.94. The number of benzene rings is 2. The third-order valence-corrected chi connectivity index (χ3v) is 6.50. The minimum absolute atomic E-state index is 0.00354. The van der Waals surface area contributed by atoms with Crippen molar-refractivity contribution in [1.29, 1.82) is 0 Å². The number of carbonyl (C=O) groups is 1. The van der Waals surface area contributed by atoms with Crippen LogP contribution in [0.5, 0.6) is 0 Å². The minimum atomic E-state index is -2.05. The highest BCUT2D eigenvalue weighted by Crippen LogP contribution is 2.46. The van der Waals surface area contributed by atoms with E-state index in [4.69, 9.17) is 0 Å². The van der Waals surface area contributed by atoms with Gasteiger partial charge < -0.3 is 10.0 Å². The topological polar surface area (TPSA) is 86.1 Å². The molecule has 4 rings (SSSR count). The molecule has 0 fully saturated rings. The van der Waals surface area contributed by atoms with E-state index < -0.39 is 23.0 Å². The first-order chi connectivity index (χ1) is 16.5. The van der Waals surface area contributed by atoms with Crippen molar-refractivity contribution in [3.8, 4) is 0 Å². The fourth-order valence-electron chi connectivity index (χ4n) is 4.68. The first-order valence-corrected chi connectivity index (χ1v) is 11.4.